The van der Waals surface area contributed by atoms with Gasteiger partial charge in [-0.05, 0) is 88.3 Å². The minimum Gasteiger partial charge on any atom is -0.456 e. The van der Waals surface area contributed by atoms with Crippen LogP contribution in [0.15, 0.2) is 193 Å². The average Bonchev–Trinajstić information content (AvgIpc) is 3.74. The first kappa shape index (κ1) is 30.4. The molecule has 7 aromatic carbocycles. The SMILES string of the molecule is C=C(/C=C\C=C/C)c1ccc2oc3cccc(-c4cccc5c6ccccc6n(-c6cccc(-c7cccc(-c8ccccc8)c7)c6)c45)c3c2c1. The normalized spacial score (nSPS) is 11.9. The lowest BCUT2D eigenvalue weighted by molar-refractivity contribution is 0.669. The van der Waals surface area contributed by atoms with Crippen molar-refractivity contribution in [3.63, 3.8) is 0 Å². The number of hydrogen-bond donors (Lipinski definition) is 0. The second-order valence-corrected chi connectivity index (χ2v) is 13.0. The summed E-state index contributed by atoms with van der Waals surface area (Å²) < 4.78 is 8.91. The molecule has 0 radical (unpaired) electrons. The molecule has 2 heterocycles. The fourth-order valence-corrected chi connectivity index (χ4v) is 7.47. The van der Waals surface area contributed by atoms with Crippen molar-refractivity contribution >= 4 is 49.3 Å². The Balaban J connectivity index is 1.26. The highest BCUT2D eigenvalue weighted by Crippen LogP contribution is 2.43. The summed E-state index contributed by atoms with van der Waals surface area (Å²) in [5, 5.41) is 4.63. The van der Waals surface area contributed by atoms with Gasteiger partial charge in [-0.3, -0.25) is 0 Å². The van der Waals surface area contributed by atoms with E-state index >= 15 is 0 Å². The molecule has 0 bridgehead atoms. The van der Waals surface area contributed by atoms with E-state index in [-0.39, 0.29) is 0 Å². The molecule has 2 heteroatoms. The summed E-state index contributed by atoms with van der Waals surface area (Å²) in [5.74, 6) is 0. The molecule has 0 spiro atoms. The lowest BCUT2D eigenvalue weighted by Gasteiger charge is -2.14. The molecule has 0 saturated heterocycles. The lowest BCUT2D eigenvalue weighted by Crippen LogP contribution is -1.96. The number of para-hydroxylation sites is 2. The lowest BCUT2D eigenvalue weighted by atomic mass is 9.96. The van der Waals surface area contributed by atoms with Crippen molar-refractivity contribution < 1.29 is 4.42 Å². The Morgan fingerprint density at radius 3 is 2.10 bits per heavy atom. The highest BCUT2D eigenvalue weighted by molar-refractivity contribution is 6.19. The van der Waals surface area contributed by atoms with Gasteiger partial charge in [0.2, 0.25) is 0 Å². The number of benzene rings is 7. The van der Waals surface area contributed by atoms with E-state index in [1.54, 1.807) is 0 Å². The number of furan rings is 1. The molecule has 9 aromatic rings. The predicted molar refractivity (Wildman–Crippen MR) is 217 cm³/mol. The Morgan fingerprint density at radius 2 is 1.24 bits per heavy atom. The molecular weight excluding hydrogens is 619 g/mol. The summed E-state index contributed by atoms with van der Waals surface area (Å²) >= 11 is 0. The molecule has 2 nitrogen and oxygen atoms in total. The first-order valence-electron chi connectivity index (χ1n) is 17.4. The quantitative estimate of drug-likeness (QED) is 0.157. The molecule has 0 amide bonds. The number of aromatic nitrogens is 1. The fourth-order valence-electron chi connectivity index (χ4n) is 7.47. The first-order valence-corrected chi connectivity index (χ1v) is 17.4. The van der Waals surface area contributed by atoms with E-state index < -0.39 is 0 Å². The third kappa shape index (κ3) is 5.29. The second-order valence-electron chi connectivity index (χ2n) is 13.0. The Morgan fingerprint density at radius 1 is 0.549 bits per heavy atom. The zero-order chi connectivity index (χ0) is 34.3. The van der Waals surface area contributed by atoms with Gasteiger partial charge in [-0.25, -0.2) is 0 Å². The third-order valence-corrected chi connectivity index (χ3v) is 9.86. The van der Waals surface area contributed by atoms with Crippen LogP contribution in [0, 0.1) is 0 Å². The standard InChI is InChI=1S/C49H35NO/c1-3-4-6-15-33(2)35-28-29-46-44(32-35)48-41(23-14-27-47(48)51-46)43-25-13-24-42-40-22-9-10-26-45(40)50(49(42)43)39-21-12-20-38(31-39)37-19-11-18-36(30-37)34-16-7-5-8-17-34/h3-32H,2H2,1H3/b4-3-,15-6-. The van der Waals surface area contributed by atoms with Gasteiger partial charge in [0.1, 0.15) is 11.2 Å². The first-order chi connectivity index (χ1) is 25.2. The summed E-state index contributed by atoms with van der Waals surface area (Å²) in [5.41, 5.74) is 14.3. The molecule has 0 saturated carbocycles. The second kappa shape index (κ2) is 12.7. The number of hydrogen-bond acceptors (Lipinski definition) is 1. The molecule has 51 heavy (non-hydrogen) atoms. The number of nitrogens with zero attached hydrogens (tertiary/aromatic N) is 1. The molecule has 0 fully saturated rings. The van der Waals surface area contributed by atoms with Gasteiger partial charge >= 0.3 is 0 Å². The smallest absolute Gasteiger partial charge is 0.136 e. The van der Waals surface area contributed by atoms with Gasteiger partial charge in [0.25, 0.3) is 0 Å². The molecule has 0 unspecified atom stereocenters. The van der Waals surface area contributed by atoms with Crippen molar-refractivity contribution in [3.8, 4) is 39.1 Å². The van der Waals surface area contributed by atoms with Crippen molar-refractivity contribution in [2.24, 2.45) is 0 Å². The van der Waals surface area contributed by atoms with Crippen LogP contribution in [0.5, 0.6) is 0 Å². The molecular formula is C49H35NO. The Hall–Kier alpha value is -6.64. The predicted octanol–water partition coefficient (Wildman–Crippen LogP) is 13.8. The van der Waals surface area contributed by atoms with E-state index in [0.29, 0.717) is 0 Å². The molecule has 2 aromatic heterocycles. The number of fused-ring (bicyclic) bond motifs is 6. The molecule has 242 valence electrons. The van der Waals surface area contributed by atoms with Gasteiger partial charge in [0.05, 0.1) is 11.0 Å². The summed E-state index contributed by atoms with van der Waals surface area (Å²) in [4.78, 5) is 0. The maximum atomic E-state index is 6.47. The fraction of sp³-hybridized carbons (Fsp3) is 0.0204. The largest absolute Gasteiger partial charge is 0.456 e. The summed E-state index contributed by atoms with van der Waals surface area (Å²) in [6.07, 6.45) is 8.12. The molecule has 0 aliphatic heterocycles. The van der Waals surface area contributed by atoms with Crippen LogP contribution >= 0.6 is 0 Å². The van der Waals surface area contributed by atoms with Crippen LogP contribution in [0.3, 0.4) is 0 Å². The van der Waals surface area contributed by atoms with E-state index in [0.717, 1.165) is 49.9 Å². The van der Waals surface area contributed by atoms with Crippen LogP contribution in [0.1, 0.15) is 12.5 Å². The maximum absolute atomic E-state index is 6.47. The van der Waals surface area contributed by atoms with Crippen LogP contribution < -0.4 is 0 Å². The van der Waals surface area contributed by atoms with Crippen LogP contribution in [0.4, 0.5) is 0 Å². The molecule has 0 aliphatic rings. The van der Waals surface area contributed by atoms with E-state index in [2.05, 4.69) is 175 Å². The minimum atomic E-state index is 0.865. The summed E-state index contributed by atoms with van der Waals surface area (Å²) in [6, 6.07) is 56.5. The van der Waals surface area contributed by atoms with Gasteiger partial charge in [-0.1, -0.05) is 146 Å². The Kier molecular flexibility index (Phi) is 7.56. The van der Waals surface area contributed by atoms with E-state index in [1.807, 2.05) is 25.2 Å². The highest BCUT2D eigenvalue weighted by Gasteiger charge is 2.20. The van der Waals surface area contributed by atoms with E-state index in [9.17, 15) is 0 Å². The molecule has 0 atom stereocenters. The molecule has 0 N–H and O–H groups in total. The summed E-state index contributed by atoms with van der Waals surface area (Å²) in [6.45, 7) is 6.37. The van der Waals surface area contributed by atoms with Gasteiger partial charge in [0.15, 0.2) is 0 Å². The molecule has 9 rings (SSSR count). The maximum Gasteiger partial charge on any atom is 0.136 e. The zero-order valence-corrected chi connectivity index (χ0v) is 28.4. The average molecular weight is 654 g/mol. The minimum absolute atomic E-state index is 0.865. The zero-order valence-electron chi connectivity index (χ0n) is 28.4. The Labute approximate surface area is 297 Å². The van der Waals surface area contributed by atoms with Crippen molar-refractivity contribution in [2.75, 3.05) is 0 Å². The van der Waals surface area contributed by atoms with Gasteiger partial charge in [-0.15, -0.1) is 0 Å². The Bertz CT molecular complexity index is 2820. The summed E-state index contributed by atoms with van der Waals surface area (Å²) in [7, 11) is 0. The number of allylic oxidation sites excluding steroid dienone is 5. The van der Waals surface area contributed by atoms with Crippen LogP contribution in [0.25, 0.3) is 88.4 Å². The number of rotatable bonds is 7. The van der Waals surface area contributed by atoms with Crippen LogP contribution in [0.2, 0.25) is 0 Å². The van der Waals surface area contributed by atoms with Gasteiger partial charge in [0, 0.05) is 32.8 Å². The van der Waals surface area contributed by atoms with Crippen LogP contribution in [-0.4, -0.2) is 4.57 Å². The highest BCUT2D eigenvalue weighted by atomic mass is 16.3. The molecule has 0 aliphatic carbocycles. The van der Waals surface area contributed by atoms with E-state index in [4.69, 9.17) is 4.42 Å². The van der Waals surface area contributed by atoms with Crippen molar-refractivity contribution in [2.45, 2.75) is 6.92 Å². The monoisotopic (exact) mass is 653 g/mol. The third-order valence-electron chi connectivity index (χ3n) is 9.86. The van der Waals surface area contributed by atoms with Crippen LogP contribution in [-0.2, 0) is 0 Å². The van der Waals surface area contributed by atoms with Gasteiger partial charge in [-0.2, -0.15) is 0 Å². The topological polar surface area (TPSA) is 18.1 Å². The van der Waals surface area contributed by atoms with Gasteiger partial charge < -0.3 is 8.98 Å². The van der Waals surface area contributed by atoms with E-state index in [1.165, 1.54) is 44.1 Å². The van der Waals surface area contributed by atoms with Crippen molar-refractivity contribution in [1.82, 2.24) is 4.57 Å². The van der Waals surface area contributed by atoms with Crippen molar-refractivity contribution in [3.05, 3.63) is 194 Å². The van der Waals surface area contributed by atoms with Crippen molar-refractivity contribution in [1.29, 1.82) is 0 Å².